The van der Waals surface area contributed by atoms with Crippen LogP contribution >= 0.6 is 22.6 Å². The zero-order valence-corrected chi connectivity index (χ0v) is 8.95. The number of nitrogens with zero attached hydrogens (tertiary/aromatic N) is 1. The lowest BCUT2D eigenvalue weighted by Gasteiger charge is -1.95. The molecule has 1 aromatic heterocycles. The Bertz CT molecular complexity index is 405. The second-order valence-electron chi connectivity index (χ2n) is 2.71. The Balaban J connectivity index is 2.41. The van der Waals surface area contributed by atoms with Gasteiger partial charge in [0.25, 0.3) is 0 Å². The van der Waals surface area contributed by atoms with E-state index in [2.05, 4.69) is 32.8 Å². The van der Waals surface area contributed by atoms with Crippen molar-refractivity contribution in [3.8, 4) is 11.3 Å². The molecule has 66 valence electrons. The van der Waals surface area contributed by atoms with Gasteiger partial charge in [0.2, 0.25) is 0 Å². The van der Waals surface area contributed by atoms with Crippen molar-refractivity contribution in [2.24, 2.45) is 0 Å². The molecule has 0 unspecified atom stereocenters. The van der Waals surface area contributed by atoms with Crippen molar-refractivity contribution in [2.75, 3.05) is 5.73 Å². The molecule has 1 heterocycles. The minimum absolute atomic E-state index is 0.522. The zero-order valence-electron chi connectivity index (χ0n) is 6.79. The smallest absolute Gasteiger partial charge is 0.145 e. The molecule has 0 saturated heterocycles. The number of H-pyrrole nitrogens is 1. The molecule has 4 heteroatoms. The summed E-state index contributed by atoms with van der Waals surface area (Å²) in [6.45, 7) is 0. The summed E-state index contributed by atoms with van der Waals surface area (Å²) < 4.78 is 1.22. The highest BCUT2D eigenvalue weighted by Gasteiger charge is 1.99. The second-order valence-corrected chi connectivity index (χ2v) is 3.96. The van der Waals surface area contributed by atoms with Gasteiger partial charge in [-0.05, 0) is 40.3 Å². The lowest BCUT2D eigenvalue weighted by Crippen LogP contribution is -1.81. The molecule has 0 spiro atoms. The number of aromatic amines is 1. The van der Waals surface area contributed by atoms with Crippen LogP contribution in [-0.2, 0) is 0 Å². The normalized spacial score (nSPS) is 10.2. The van der Waals surface area contributed by atoms with Gasteiger partial charge in [0, 0.05) is 9.64 Å². The molecule has 0 aliphatic heterocycles. The van der Waals surface area contributed by atoms with Crippen LogP contribution in [0.2, 0.25) is 0 Å². The highest BCUT2D eigenvalue weighted by molar-refractivity contribution is 14.1. The molecular formula is C9H8IN3. The molecule has 2 rings (SSSR count). The topological polar surface area (TPSA) is 54.7 Å². The lowest BCUT2D eigenvalue weighted by molar-refractivity contribution is 1.10. The van der Waals surface area contributed by atoms with Crippen molar-refractivity contribution < 1.29 is 0 Å². The van der Waals surface area contributed by atoms with E-state index in [4.69, 9.17) is 5.73 Å². The Morgan fingerprint density at radius 3 is 2.46 bits per heavy atom. The maximum Gasteiger partial charge on any atom is 0.145 e. The van der Waals surface area contributed by atoms with Gasteiger partial charge in [-0.3, -0.25) is 5.10 Å². The average molecular weight is 285 g/mol. The highest BCUT2D eigenvalue weighted by atomic mass is 127. The fourth-order valence-corrected chi connectivity index (χ4v) is 1.47. The van der Waals surface area contributed by atoms with Crippen LogP contribution in [0.25, 0.3) is 11.3 Å². The largest absolute Gasteiger partial charge is 0.382 e. The van der Waals surface area contributed by atoms with E-state index in [1.165, 1.54) is 3.57 Å². The van der Waals surface area contributed by atoms with Crippen molar-refractivity contribution in [1.29, 1.82) is 0 Å². The standard InChI is InChI=1S/C9H8IN3/c10-7-3-1-6(2-4-7)8-5-9(11)13-12-8/h1-5H,(H3,11,12,13). The van der Waals surface area contributed by atoms with Crippen LogP contribution in [0.15, 0.2) is 30.3 Å². The number of aromatic nitrogens is 2. The first-order chi connectivity index (χ1) is 6.25. The highest BCUT2D eigenvalue weighted by Crippen LogP contribution is 2.19. The van der Waals surface area contributed by atoms with Crippen LogP contribution in [0.1, 0.15) is 0 Å². The van der Waals surface area contributed by atoms with E-state index in [1.54, 1.807) is 0 Å². The second kappa shape index (κ2) is 3.37. The molecule has 0 fully saturated rings. The van der Waals surface area contributed by atoms with Crippen molar-refractivity contribution in [2.45, 2.75) is 0 Å². The van der Waals surface area contributed by atoms with Gasteiger partial charge in [-0.15, -0.1) is 0 Å². The van der Waals surface area contributed by atoms with Gasteiger partial charge in [-0.25, -0.2) is 0 Å². The Morgan fingerprint density at radius 2 is 1.92 bits per heavy atom. The number of nitrogens with two attached hydrogens (primary N) is 1. The summed E-state index contributed by atoms with van der Waals surface area (Å²) in [5.41, 5.74) is 7.56. The van der Waals surface area contributed by atoms with E-state index >= 15 is 0 Å². The molecule has 13 heavy (non-hydrogen) atoms. The third-order valence-corrected chi connectivity index (χ3v) is 2.47. The third-order valence-electron chi connectivity index (χ3n) is 1.75. The van der Waals surface area contributed by atoms with Gasteiger partial charge in [-0.2, -0.15) is 5.10 Å². The summed E-state index contributed by atoms with van der Waals surface area (Å²) in [5.74, 6) is 0.522. The zero-order chi connectivity index (χ0) is 9.26. The van der Waals surface area contributed by atoms with Crippen molar-refractivity contribution in [3.63, 3.8) is 0 Å². The average Bonchev–Trinajstić information content (AvgIpc) is 2.53. The first kappa shape index (κ1) is 8.55. The summed E-state index contributed by atoms with van der Waals surface area (Å²) in [7, 11) is 0. The van der Waals surface area contributed by atoms with Crippen LogP contribution in [0, 0.1) is 3.57 Å². The number of nitrogen functional groups attached to an aromatic ring is 1. The molecule has 2 aromatic rings. The Morgan fingerprint density at radius 1 is 1.23 bits per heavy atom. The molecule has 0 atom stereocenters. The van der Waals surface area contributed by atoms with Crippen LogP contribution < -0.4 is 5.73 Å². The first-order valence-electron chi connectivity index (χ1n) is 3.82. The summed E-state index contributed by atoms with van der Waals surface area (Å²) in [4.78, 5) is 0. The summed E-state index contributed by atoms with van der Waals surface area (Å²) in [6.07, 6.45) is 0. The third kappa shape index (κ3) is 1.82. The maximum absolute atomic E-state index is 5.50. The SMILES string of the molecule is Nc1cc(-c2ccc(I)cc2)[nH]n1. The quantitative estimate of drug-likeness (QED) is 0.790. The Hall–Kier alpha value is -1.04. The minimum atomic E-state index is 0.522. The van der Waals surface area contributed by atoms with Crippen LogP contribution in [-0.4, -0.2) is 10.2 Å². The van der Waals surface area contributed by atoms with E-state index in [-0.39, 0.29) is 0 Å². The number of hydrogen-bond acceptors (Lipinski definition) is 2. The predicted octanol–water partition coefficient (Wildman–Crippen LogP) is 2.26. The van der Waals surface area contributed by atoms with Crippen molar-refractivity contribution in [1.82, 2.24) is 10.2 Å². The molecule has 0 radical (unpaired) electrons. The molecule has 0 bridgehead atoms. The molecule has 0 saturated carbocycles. The van der Waals surface area contributed by atoms with Crippen LogP contribution in [0.4, 0.5) is 5.82 Å². The van der Waals surface area contributed by atoms with Gasteiger partial charge in [0.05, 0.1) is 5.69 Å². The lowest BCUT2D eigenvalue weighted by atomic mass is 10.2. The molecule has 3 N–H and O–H groups in total. The van der Waals surface area contributed by atoms with Crippen molar-refractivity contribution >= 4 is 28.4 Å². The molecule has 0 amide bonds. The van der Waals surface area contributed by atoms with Gasteiger partial charge < -0.3 is 5.73 Å². The number of halogens is 1. The summed E-state index contributed by atoms with van der Waals surface area (Å²) >= 11 is 2.27. The first-order valence-corrected chi connectivity index (χ1v) is 4.90. The number of anilines is 1. The molecule has 1 aromatic carbocycles. The van der Waals surface area contributed by atoms with E-state index in [0.29, 0.717) is 5.82 Å². The fourth-order valence-electron chi connectivity index (χ4n) is 1.11. The number of benzene rings is 1. The van der Waals surface area contributed by atoms with E-state index < -0.39 is 0 Å². The van der Waals surface area contributed by atoms with Gasteiger partial charge in [-0.1, -0.05) is 12.1 Å². The molecular weight excluding hydrogens is 277 g/mol. The van der Waals surface area contributed by atoms with E-state index in [9.17, 15) is 0 Å². The van der Waals surface area contributed by atoms with Crippen LogP contribution in [0.5, 0.6) is 0 Å². The Kier molecular flexibility index (Phi) is 2.22. The van der Waals surface area contributed by atoms with Crippen LogP contribution in [0.3, 0.4) is 0 Å². The van der Waals surface area contributed by atoms with Gasteiger partial charge >= 0.3 is 0 Å². The fraction of sp³-hybridized carbons (Fsp3) is 0. The molecule has 0 aliphatic rings. The molecule has 0 aliphatic carbocycles. The number of rotatable bonds is 1. The minimum Gasteiger partial charge on any atom is -0.382 e. The maximum atomic E-state index is 5.50. The van der Waals surface area contributed by atoms with E-state index in [0.717, 1.165) is 11.3 Å². The Labute approximate surface area is 89.5 Å². The van der Waals surface area contributed by atoms with E-state index in [1.807, 2.05) is 30.3 Å². The summed E-state index contributed by atoms with van der Waals surface area (Å²) in [6, 6.07) is 9.99. The van der Waals surface area contributed by atoms with Crippen molar-refractivity contribution in [3.05, 3.63) is 33.9 Å². The predicted molar refractivity (Wildman–Crippen MR) is 61.2 cm³/mol. The van der Waals surface area contributed by atoms with Gasteiger partial charge in [0.1, 0.15) is 5.82 Å². The van der Waals surface area contributed by atoms with Gasteiger partial charge in [0.15, 0.2) is 0 Å². The number of hydrogen-bond donors (Lipinski definition) is 2. The monoisotopic (exact) mass is 285 g/mol. The molecule has 3 nitrogen and oxygen atoms in total. The summed E-state index contributed by atoms with van der Waals surface area (Å²) in [5, 5.41) is 6.73. The number of nitrogens with one attached hydrogen (secondary N) is 1.